The lowest BCUT2D eigenvalue weighted by molar-refractivity contribution is 0.358. The van der Waals surface area contributed by atoms with E-state index in [9.17, 15) is 9.59 Å². The van der Waals surface area contributed by atoms with Crippen molar-refractivity contribution in [3.05, 3.63) is 57.1 Å². The van der Waals surface area contributed by atoms with Crippen LogP contribution in [0.25, 0.3) is 21.5 Å². The molecule has 0 saturated heterocycles. The number of fused-ring (bicyclic) bond motifs is 3. The number of alkyl halides is 2. The standard InChI is InChI=1S/C16H12Br2N2O2/c17-13-7-19-15(21)11-5-9-3-1-2-4-10(9)6-12(11)16(22)20(19)8-14(13)18/h1-6,13-14H,7-8H2. The van der Waals surface area contributed by atoms with Crippen molar-refractivity contribution in [2.24, 2.45) is 0 Å². The van der Waals surface area contributed by atoms with Crippen LogP contribution in [-0.4, -0.2) is 19.0 Å². The van der Waals surface area contributed by atoms with Gasteiger partial charge in [0.05, 0.1) is 23.9 Å². The van der Waals surface area contributed by atoms with Crippen LogP contribution in [0, 0.1) is 0 Å². The van der Waals surface area contributed by atoms with Crippen molar-refractivity contribution in [2.75, 3.05) is 0 Å². The minimum atomic E-state index is -0.107. The second-order valence-electron chi connectivity index (χ2n) is 5.55. The van der Waals surface area contributed by atoms with Crippen molar-refractivity contribution < 1.29 is 0 Å². The zero-order valence-corrected chi connectivity index (χ0v) is 14.7. The molecule has 1 aliphatic heterocycles. The highest BCUT2D eigenvalue weighted by Crippen LogP contribution is 2.23. The summed E-state index contributed by atoms with van der Waals surface area (Å²) in [6.45, 7) is 0.958. The largest absolute Gasteiger partial charge is 0.273 e. The molecule has 1 aliphatic rings. The van der Waals surface area contributed by atoms with Gasteiger partial charge in [-0.25, -0.2) is 9.36 Å². The summed E-state index contributed by atoms with van der Waals surface area (Å²) in [4.78, 5) is 25.8. The van der Waals surface area contributed by atoms with E-state index in [-0.39, 0.29) is 20.8 Å². The number of hydrogen-bond acceptors (Lipinski definition) is 2. The van der Waals surface area contributed by atoms with E-state index in [1.54, 1.807) is 9.36 Å². The molecule has 2 atom stereocenters. The minimum absolute atomic E-state index is 0.107. The maximum absolute atomic E-state index is 12.8. The molecule has 1 aromatic heterocycles. The first-order valence-corrected chi connectivity index (χ1v) is 8.84. The van der Waals surface area contributed by atoms with Gasteiger partial charge in [0.15, 0.2) is 0 Å². The second-order valence-corrected chi connectivity index (χ2v) is 7.90. The van der Waals surface area contributed by atoms with Crippen LogP contribution in [-0.2, 0) is 13.1 Å². The van der Waals surface area contributed by atoms with Gasteiger partial charge in [0.2, 0.25) is 0 Å². The second kappa shape index (κ2) is 5.06. The molecule has 3 aromatic rings. The van der Waals surface area contributed by atoms with Gasteiger partial charge in [0.25, 0.3) is 11.1 Å². The molecule has 0 bridgehead atoms. The normalized spacial score (nSPS) is 21.2. The lowest BCUT2D eigenvalue weighted by atomic mass is 10.1. The fraction of sp³-hybridized carbons (Fsp3) is 0.250. The van der Waals surface area contributed by atoms with Crippen LogP contribution in [0.15, 0.2) is 46.0 Å². The van der Waals surface area contributed by atoms with Gasteiger partial charge in [-0.1, -0.05) is 56.1 Å². The maximum Gasteiger partial charge on any atom is 0.273 e. The molecule has 2 heterocycles. The quantitative estimate of drug-likeness (QED) is 0.412. The average Bonchev–Trinajstić information content (AvgIpc) is 2.53. The number of nitrogens with zero attached hydrogens (tertiary/aromatic N) is 2. The van der Waals surface area contributed by atoms with Gasteiger partial charge in [0, 0.05) is 9.65 Å². The van der Waals surface area contributed by atoms with Crippen LogP contribution >= 0.6 is 31.9 Å². The molecule has 112 valence electrons. The van der Waals surface area contributed by atoms with Crippen LogP contribution in [0.5, 0.6) is 0 Å². The van der Waals surface area contributed by atoms with Crippen LogP contribution in [0.1, 0.15) is 0 Å². The van der Waals surface area contributed by atoms with E-state index >= 15 is 0 Å². The number of halogens is 2. The lowest BCUT2D eigenvalue weighted by Gasteiger charge is -2.28. The zero-order chi connectivity index (χ0) is 15.4. The van der Waals surface area contributed by atoms with Gasteiger partial charge >= 0.3 is 0 Å². The van der Waals surface area contributed by atoms with Gasteiger partial charge < -0.3 is 0 Å². The summed E-state index contributed by atoms with van der Waals surface area (Å²) in [7, 11) is 0. The molecule has 2 aromatic carbocycles. The Morgan fingerprint density at radius 1 is 0.818 bits per heavy atom. The summed E-state index contributed by atoms with van der Waals surface area (Å²) in [5.41, 5.74) is -0.214. The van der Waals surface area contributed by atoms with E-state index < -0.39 is 0 Å². The molecule has 0 aliphatic carbocycles. The number of hydrogen-bond donors (Lipinski definition) is 0. The van der Waals surface area contributed by atoms with Crippen molar-refractivity contribution in [3.63, 3.8) is 0 Å². The van der Waals surface area contributed by atoms with Gasteiger partial charge in [-0.2, -0.15) is 0 Å². The molecule has 0 radical (unpaired) electrons. The molecular weight excluding hydrogens is 412 g/mol. The SMILES string of the molecule is O=c1c2cc3ccccc3cc2c(=O)n2n1CC(Br)C(Br)C2. The Labute approximate surface area is 142 Å². The Morgan fingerprint density at radius 2 is 1.23 bits per heavy atom. The van der Waals surface area contributed by atoms with Crippen molar-refractivity contribution in [3.8, 4) is 0 Å². The van der Waals surface area contributed by atoms with E-state index in [1.807, 2.05) is 36.4 Å². The molecule has 4 nitrogen and oxygen atoms in total. The summed E-state index contributed by atoms with van der Waals surface area (Å²) in [6.07, 6.45) is 0. The van der Waals surface area contributed by atoms with Gasteiger partial charge in [-0.3, -0.25) is 9.59 Å². The first kappa shape index (κ1) is 14.2. The third-order valence-corrected chi connectivity index (χ3v) is 6.76. The Hall–Kier alpha value is -1.40. The van der Waals surface area contributed by atoms with Crippen LogP contribution < -0.4 is 11.1 Å². The topological polar surface area (TPSA) is 44.0 Å². The third-order valence-electron chi connectivity index (χ3n) is 4.19. The Kier molecular flexibility index (Phi) is 3.27. The summed E-state index contributed by atoms with van der Waals surface area (Å²) in [5.74, 6) is 0. The predicted octanol–water partition coefficient (Wildman–Crippen LogP) is 2.86. The number of rotatable bonds is 0. The summed E-state index contributed by atoms with van der Waals surface area (Å²) in [6, 6.07) is 11.4. The molecule has 0 fully saturated rings. The maximum atomic E-state index is 12.8. The highest BCUT2D eigenvalue weighted by Gasteiger charge is 2.27. The van der Waals surface area contributed by atoms with Crippen molar-refractivity contribution in [2.45, 2.75) is 22.7 Å². The van der Waals surface area contributed by atoms with Gasteiger partial charge in [-0.15, -0.1) is 0 Å². The monoisotopic (exact) mass is 422 g/mol. The number of aromatic nitrogens is 2. The number of benzene rings is 2. The van der Waals surface area contributed by atoms with Crippen LogP contribution in [0.3, 0.4) is 0 Å². The fourth-order valence-electron chi connectivity index (χ4n) is 3.01. The molecule has 4 rings (SSSR count). The van der Waals surface area contributed by atoms with Crippen molar-refractivity contribution in [1.29, 1.82) is 0 Å². The Morgan fingerprint density at radius 3 is 1.64 bits per heavy atom. The molecule has 0 saturated carbocycles. The highest BCUT2D eigenvalue weighted by atomic mass is 79.9. The Balaban J connectivity index is 2.15. The van der Waals surface area contributed by atoms with Crippen LogP contribution in [0.4, 0.5) is 0 Å². The van der Waals surface area contributed by atoms with Crippen molar-refractivity contribution in [1.82, 2.24) is 9.36 Å². The highest BCUT2D eigenvalue weighted by molar-refractivity contribution is 9.12. The zero-order valence-electron chi connectivity index (χ0n) is 11.5. The van der Waals surface area contributed by atoms with Gasteiger partial charge in [0.1, 0.15) is 0 Å². The average molecular weight is 424 g/mol. The molecule has 6 heteroatoms. The van der Waals surface area contributed by atoms with E-state index in [1.165, 1.54) is 0 Å². The van der Waals surface area contributed by atoms with Crippen LogP contribution in [0.2, 0.25) is 0 Å². The Bertz CT molecular complexity index is 940. The molecule has 0 N–H and O–H groups in total. The van der Waals surface area contributed by atoms with Crippen molar-refractivity contribution >= 4 is 53.4 Å². The fourth-order valence-corrected chi connectivity index (χ4v) is 3.90. The molecule has 2 unspecified atom stereocenters. The summed E-state index contributed by atoms with van der Waals surface area (Å²) < 4.78 is 3.10. The van der Waals surface area contributed by atoms with Gasteiger partial charge in [-0.05, 0) is 22.9 Å². The first-order chi connectivity index (χ1) is 10.6. The summed E-state index contributed by atoms with van der Waals surface area (Å²) >= 11 is 7.13. The summed E-state index contributed by atoms with van der Waals surface area (Å²) in [5, 5.41) is 2.93. The minimum Gasteiger partial charge on any atom is -0.267 e. The lowest BCUT2D eigenvalue weighted by Crippen LogP contribution is -2.48. The van der Waals surface area contributed by atoms with E-state index in [4.69, 9.17) is 0 Å². The first-order valence-electron chi connectivity index (χ1n) is 7.01. The third kappa shape index (κ3) is 2.01. The molecule has 0 amide bonds. The smallest absolute Gasteiger partial charge is 0.267 e. The van der Waals surface area contributed by atoms with E-state index in [2.05, 4.69) is 31.9 Å². The van der Waals surface area contributed by atoms with E-state index in [0.717, 1.165) is 10.8 Å². The molecular formula is C16H12Br2N2O2. The molecule has 22 heavy (non-hydrogen) atoms. The molecule has 0 spiro atoms. The van der Waals surface area contributed by atoms with E-state index in [0.29, 0.717) is 23.9 Å². The predicted molar refractivity (Wildman–Crippen MR) is 95.4 cm³/mol.